The van der Waals surface area contributed by atoms with E-state index in [9.17, 15) is 5.26 Å². The van der Waals surface area contributed by atoms with Gasteiger partial charge in [0.05, 0.1) is 40.1 Å². The first-order valence-electron chi connectivity index (χ1n) is 17.4. The van der Waals surface area contributed by atoms with Crippen LogP contribution in [0.15, 0.2) is 162 Å². The van der Waals surface area contributed by atoms with Gasteiger partial charge < -0.3 is 18.5 Å². The van der Waals surface area contributed by atoms with E-state index in [1.165, 1.54) is 5.39 Å². The van der Waals surface area contributed by atoms with Gasteiger partial charge in [-0.05, 0) is 73.7 Å². The number of anilines is 3. The Morgan fingerprint density at radius 2 is 1.23 bits per heavy atom. The van der Waals surface area contributed by atoms with Crippen molar-refractivity contribution in [1.82, 2.24) is 9.13 Å². The topological polar surface area (TPSA) is 54.4 Å². The first-order valence-corrected chi connectivity index (χ1v) is 17.4. The number of aryl methyl sites for hydroxylation is 1. The number of aromatic nitrogens is 2. The molecule has 0 amide bonds. The van der Waals surface area contributed by atoms with Crippen molar-refractivity contribution in [2.24, 2.45) is 0 Å². The van der Waals surface area contributed by atoms with Crippen molar-refractivity contribution < 1.29 is 4.42 Å². The molecule has 0 N–H and O–H groups in total. The maximum Gasteiger partial charge on any atom is 0.212 e. The summed E-state index contributed by atoms with van der Waals surface area (Å²) in [5.74, 6) is 0. The molecule has 0 fully saturated rings. The average molecular weight is 680 g/mol. The summed E-state index contributed by atoms with van der Waals surface area (Å²) in [4.78, 5) is 6.21. The molecule has 0 bridgehead atoms. The number of nitriles is 1. The minimum Gasteiger partial charge on any atom is -0.456 e. The second kappa shape index (κ2) is 11.8. The smallest absolute Gasteiger partial charge is 0.212 e. The van der Waals surface area contributed by atoms with Crippen LogP contribution in [0.25, 0.3) is 70.9 Å². The molecule has 3 heterocycles. The van der Waals surface area contributed by atoms with Crippen molar-refractivity contribution in [2.75, 3.05) is 4.90 Å². The maximum absolute atomic E-state index is 10.8. The van der Waals surface area contributed by atoms with Crippen molar-refractivity contribution in [3.63, 3.8) is 0 Å². The number of fused-ring (bicyclic) bond motifs is 7. The lowest BCUT2D eigenvalue weighted by molar-refractivity contribution is 0.669. The summed E-state index contributed by atoms with van der Waals surface area (Å²) < 4.78 is 10.8. The van der Waals surface area contributed by atoms with Gasteiger partial charge >= 0.3 is 0 Å². The quantitative estimate of drug-likeness (QED) is 0.170. The standard InChI is InChI=1S/C47H29N5O/c1-30-27-31-11-3-7-15-41(31)50(30)33-20-22-34(23-21-33)51(35-24-25-39-38-14-6-10-18-44(38)53-45(39)28-35)47-40(49-2)26-19-32(29-48)46(47)52-42-16-8-4-12-36(42)37-13-5-9-17-43(37)52/h3-28H,1H3. The van der Waals surface area contributed by atoms with Gasteiger partial charge in [-0.15, -0.1) is 0 Å². The lowest BCUT2D eigenvalue weighted by Crippen LogP contribution is -2.14. The van der Waals surface area contributed by atoms with Crippen LogP contribution in [-0.2, 0) is 0 Å². The predicted molar refractivity (Wildman–Crippen MR) is 215 cm³/mol. The second-order valence-corrected chi connectivity index (χ2v) is 13.2. The number of hydrogen-bond acceptors (Lipinski definition) is 3. The molecule has 0 aliphatic rings. The number of rotatable bonds is 5. The Kier molecular flexibility index (Phi) is 6.73. The first kappa shape index (κ1) is 30.3. The minimum atomic E-state index is 0.418. The molecule has 3 aromatic heterocycles. The Hall–Kier alpha value is -7.54. The van der Waals surface area contributed by atoms with Crippen LogP contribution in [0.1, 0.15) is 11.3 Å². The molecule has 0 unspecified atom stereocenters. The van der Waals surface area contributed by atoms with Crippen LogP contribution in [0.5, 0.6) is 0 Å². The highest BCUT2D eigenvalue weighted by molar-refractivity contribution is 6.11. The third-order valence-corrected chi connectivity index (χ3v) is 10.3. The second-order valence-electron chi connectivity index (χ2n) is 13.2. The number of para-hydroxylation sites is 4. The van der Waals surface area contributed by atoms with Gasteiger partial charge in [-0.3, -0.25) is 0 Å². The summed E-state index contributed by atoms with van der Waals surface area (Å²) in [5.41, 5.74) is 10.5. The summed E-state index contributed by atoms with van der Waals surface area (Å²) >= 11 is 0. The molecular weight excluding hydrogens is 651 g/mol. The fourth-order valence-corrected chi connectivity index (χ4v) is 8.01. The molecule has 0 radical (unpaired) electrons. The van der Waals surface area contributed by atoms with Gasteiger partial charge in [-0.25, -0.2) is 4.85 Å². The van der Waals surface area contributed by atoms with Crippen molar-refractivity contribution in [2.45, 2.75) is 6.92 Å². The summed E-state index contributed by atoms with van der Waals surface area (Å²) in [6.45, 7) is 10.6. The van der Waals surface area contributed by atoms with Crippen LogP contribution in [0.3, 0.4) is 0 Å². The van der Waals surface area contributed by atoms with Gasteiger partial charge in [0.15, 0.2) is 0 Å². The Bertz CT molecular complexity index is 3110. The highest BCUT2D eigenvalue weighted by atomic mass is 16.3. The third-order valence-electron chi connectivity index (χ3n) is 10.3. The minimum absolute atomic E-state index is 0.418. The molecule has 10 rings (SSSR count). The van der Waals surface area contributed by atoms with Gasteiger partial charge in [0.2, 0.25) is 5.69 Å². The first-order chi connectivity index (χ1) is 26.1. The van der Waals surface area contributed by atoms with E-state index in [-0.39, 0.29) is 0 Å². The molecule has 0 aliphatic carbocycles. The zero-order chi connectivity index (χ0) is 35.6. The van der Waals surface area contributed by atoms with Crippen molar-refractivity contribution in [3.05, 3.63) is 180 Å². The van der Waals surface area contributed by atoms with Crippen LogP contribution in [0.2, 0.25) is 0 Å². The lowest BCUT2D eigenvalue weighted by atomic mass is 10.1. The number of nitrogens with zero attached hydrogens (tertiary/aromatic N) is 5. The van der Waals surface area contributed by atoms with E-state index in [1.807, 2.05) is 48.5 Å². The maximum atomic E-state index is 10.8. The number of furan rings is 1. The Morgan fingerprint density at radius 1 is 0.604 bits per heavy atom. The molecular formula is C47H29N5O. The molecule has 10 aromatic rings. The van der Waals surface area contributed by atoms with Crippen LogP contribution in [0, 0.1) is 24.8 Å². The molecule has 6 heteroatoms. The van der Waals surface area contributed by atoms with Crippen LogP contribution in [-0.4, -0.2) is 9.13 Å². The average Bonchev–Trinajstić information content (AvgIpc) is 3.86. The third kappa shape index (κ3) is 4.57. The summed E-state index contributed by atoms with van der Waals surface area (Å²) in [6, 6.07) is 55.7. The van der Waals surface area contributed by atoms with Crippen molar-refractivity contribution in [1.29, 1.82) is 5.26 Å². The van der Waals surface area contributed by atoms with Crippen LogP contribution >= 0.6 is 0 Å². The van der Waals surface area contributed by atoms with Crippen molar-refractivity contribution in [3.8, 4) is 17.4 Å². The molecule has 53 heavy (non-hydrogen) atoms. The van der Waals surface area contributed by atoms with E-state index >= 15 is 0 Å². The van der Waals surface area contributed by atoms with Crippen LogP contribution in [0.4, 0.5) is 22.7 Å². The van der Waals surface area contributed by atoms with Crippen LogP contribution < -0.4 is 4.90 Å². The fourth-order valence-electron chi connectivity index (χ4n) is 8.01. The zero-order valence-electron chi connectivity index (χ0n) is 28.7. The van der Waals surface area contributed by atoms with E-state index in [0.29, 0.717) is 22.6 Å². The van der Waals surface area contributed by atoms with Gasteiger partial charge in [0, 0.05) is 55.8 Å². The van der Waals surface area contributed by atoms with E-state index < -0.39 is 0 Å². The fraction of sp³-hybridized carbons (Fsp3) is 0.0213. The number of benzene rings is 7. The van der Waals surface area contributed by atoms with Gasteiger partial charge in [0.1, 0.15) is 17.2 Å². The molecule has 0 aliphatic heterocycles. The molecule has 0 spiro atoms. The monoisotopic (exact) mass is 679 g/mol. The Morgan fingerprint density at radius 3 is 1.94 bits per heavy atom. The highest BCUT2D eigenvalue weighted by Crippen LogP contribution is 2.48. The normalized spacial score (nSPS) is 11.5. The highest BCUT2D eigenvalue weighted by Gasteiger charge is 2.27. The molecule has 0 atom stereocenters. The molecule has 6 nitrogen and oxygen atoms in total. The van der Waals surface area contributed by atoms with E-state index in [1.54, 1.807) is 12.1 Å². The van der Waals surface area contributed by atoms with E-state index in [4.69, 9.17) is 11.0 Å². The summed E-state index contributed by atoms with van der Waals surface area (Å²) in [5, 5.41) is 16.1. The molecule has 0 saturated heterocycles. The summed E-state index contributed by atoms with van der Waals surface area (Å²) in [6.07, 6.45) is 0. The van der Waals surface area contributed by atoms with Gasteiger partial charge in [0.25, 0.3) is 0 Å². The lowest BCUT2D eigenvalue weighted by Gasteiger charge is -2.30. The molecule has 248 valence electrons. The van der Waals surface area contributed by atoms with Gasteiger partial charge in [-0.1, -0.05) is 84.9 Å². The van der Waals surface area contributed by atoms with E-state index in [0.717, 1.165) is 72.0 Å². The van der Waals surface area contributed by atoms with Crippen molar-refractivity contribution >= 4 is 77.4 Å². The molecule has 7 aromatic carbocycles. The Balaban J connectivity index is 1.28. The zero-order valence-corrected chi connectivity index (χ0v) is 28.7. The largest absolute Gasteiger partial charge is 0.456 e. The molecule has 0 saturated carbocycles. The summed E-state index contributed by atoms with van der Waals surface area (Å²) in [7, 11) is 0. The Labute approximate surface area is 305 Å². The van der Waals surface area contributed by atoms with E-state index in [2.05, 4.69) is 129 Å². The SMILES string of the molecule is [C-]#[N+]c1ccc(C#N)c(-n2c3ccccc3c3ccccc32)c1N(c1ccc(-n2c(C)cc3ccccc32)cc1)c1ccc2c(c1)oc1ccccc12. The van der Waals surface area contributed by atoms with Gasteiger partial charge in [-0.2, -0.15) is 5.26 Å². The predicted octanol–water partition coefficient (Wildman–Crippen LogP) is 12.8. The number of hydrogen-bond donors (Lipinski definition) is 0.